The Morgan fingerprint density at radius 3 is 2.47 bits per heavy atom. The number of aliphatic hydroxyl groups is 3. The van der Waals surface area contributed by atoms with E-state index in [1.54, 1.807) is 46.8 Å². The molecule has 0 spiro atoms. The molecule has 0 aromatic carbocycles. The van der Waals surface area contributed by atoms with E-state index in [1.807, 2.05) is 0 Å². The Hall–Kier alpha value is -1.93. The predicted octanol–water partition coefficient (Wildman–Crippen LogP) is 2.29. The van der Waals surface area contributed by atoms with E-state index in [0.717, 1.165) is 0 Å². The third-order valence-electron chi connectivity index (χ3n) is 11.4. The van der Waals surface area contributed by atoms with Crippen LogP contribution in [0.1, 0.15) is 66.1 Å². The summed E-state index contributed by atoms with van der Waals surface area (Å²) in [6, 6.07) is 3.30. The molecule has 1 saturated heterocycles. The van der Waals surface area contributed by atoms with Gasteiger partial charge in [-0.15, -0.1) is 0 Å². The Bertz CT molecular complexity index is 1400. The number of phosphoric ester groups is 1. The Kier molecular flexibility index (Phi) is 8.68. The van der Waals surface area contributed by atoms with Gasteiger partial charge in [-0.05, 0) is 50.0 Å². The molecule has 3 aliphatic carbocycles. The van der Waals surface area contributed by atoms with Crippen LogP contribution >= 0.6 is 7.82 Å². The fourth-order valence-electron chi connectivity index (χ4n) is 8.64. The maximum Gasteiger partial charge on any atom is 0.471 e. The summed E-state index contributed by atoms with van der Waals surface area (Å²) in [5.74, 6) is -4.58. The predicted molar refractivity (Wildman–Crippen MR) is 155 cm³/mol. The summed E-state index contributed by atoms with van der Waals surface area (Å²) >= 11 is 0. The molecule has 14 heteroatoms. The molecule has 2 saturated carbocycles. The minimum absolute atomic E-state index is 0.0346. The Morgan fingerprint density at radius 2 is 1.91 bits per heavy atom. The zero-order chi connectivity index (χ0) is 33.5. The lowest BCUT2D eigenvalue weighted by Crippen LogP contribution is -2.79. The number of carbonyl (C=O) groups is 2. The third kappa shape index (κ3) is 5.19. The standard InChI is InChI=1S/C31H43O13P/c1-15(19-9-8-10-40-19)16(2)27(34)44-20-12-31(36)18(4)25-29(7,26(33)24(32)23(17(20)3)28(31,5)6)21(42-14-43-45(37,38)39)11-22-30(25,35)13-41-22/h1,8-10,15-16,18,20-22,24-25,32,35-36H,11-14H2,2-7H3,(H2,37,38,39)/t15-,16-,18?,20?,21?,22?,24?,25?,29-,30?,31?/m1/s1. The lowest BCUT2D eigenvalue weighted by Gasteiger charge is -2.67. The van der Waals surface area contributed by atoms with Crippen LogP contribution in [0.3, 0.4) is 0 Å². The zero-order valence-corrected chi connectivity index (χ0v) is 27.1. The van der Waals surface area contributed by atoms with E-state index >= 15 is 0 Å². The van der Waals surface area contributed by atoms with Crippen LogP contribution in [0.25, 0.3) is 0 Å². The molecule has 2 radical (unpaired) electrons. The molecular formula is C31H43O13P. The molecule has 5 rings (SSSR count). The van der Waals surface area contributed by atoms with Gasteiger partial charge in [0.25, 0.3) is 0 Å². The summed E-state index contributed by atoms with van der Waals surface area (Å²) in [6.07, 6.45) is -3.51. The topological polar surface area (TPSA) is 202 Å². The molecule has 2 bridgehead atoms. The van der Waals surface area contributed by atoms with Gasteiger partial charge in [0.2, 0.25) is 0 Å². The van der Waals surface area contributed by atoms with Gasteiger partial charge in [0.1, 0.15) is 23.6 Å². The maximum atomic E-state index is 14.6. The summed E-state index contributed by atoms with van der Waals surface area (Å²) in [7, 11) is -4.91. The van der Waals surface area contributed by atoms with E-state index in [9.17, 15) is 39.3 Å². The number of ether oxygens (including phenoxy) is 3. The SMILES string of the molecule is [CH][C@@H](c1ccco1)[C@@H](C)C(=O)OC1CC2(O)C(C)C3C4(O)COC4CC(OCOP(=O)(O)O)[C@@]3(C)C(=O)C(O)C(=C1C)C2(C)C. The molecule has 1 aromatic heterocycles. The molecule has 13 nitrogen and oxygen atoms in total. The van der Waals surface area contributed by atoms with Crippen molar-refractivity contribution in [2.45, 2.75) is 95.9 Å². The van der Waals surface area contributed by atoms with Crippen LogP contribution in [0.15, 0.2) is 34.0 Å². The monoisotopic (exact) mass is 654 g/mol. The average Bonchev–Trinajstić information content (AvgIpc) is 3.49. The lowest BCUT2D eigenvalue weighted by molar-refractivity contribution is -0.341. The second-order valence-electron chi connectivity index (χ2n) is 13.8. The van der Waals surface area contributed by atoms with Crippen LogP contribution < -0.4 is 0 Å². The fourth-order valence-corrected chi connectivity index (χ4v) is 8.83. The largest absolute Gasteiger partial charge is 0.471 e. The average molecular weight is 655 g/mol. The van der Waals surface area contributed by atoms with Gasteiger partial charge >= 0.3 is 13.8 Å². The number of hydrogen-bond acceptors (Lipinski definition) is 11. The number of esters is 1. The molecule has 8 unspecified atom stereocenters. The first kappa shape index (κ1) is 34.4. The zero-order valence-electron chi connectivity index (χ0n) is 26.2. The summed E-state index contributed by atoms with van der Waals surface area (Å²) in [5.41, 5.74) is -5.70. The second kappa shape index (κ2) is 11.4. The van der Waals surface area contributed by atoms with Crippen molar-refractivity contribution >= 4 is 19.6 Å². The molecule has 4 aliphatic rings. The van der Waals surface area contributed by atoms with Gasteiger partial charge in [-0.1, -0.05) is 27.7 Å². The van der Waals surface area contributed by atoms with Gasteiger partial charge in [0.05, 0.1) is 42.0 Å². The number of ketones is 1. The Labute approximate surface area is 262 Å². The van der Waals surface area contributed by atoms with Crippen LogP contribution in [0, 0.1) is 35.5 Å². The van der Waals surface area contributed by atoms with Crippen molar-refractivity contribution in [1.82, 2.24) is 0 Å². The number of carbonyl (C=O) groups excluding carboxylic acids is 2. The summed E-state index contributed by atoms with van der Waals surface area (Å²) < 4.78 is 38.6. The molecule has 0 amide bonds. The van der Waals surface area contributed by atoms with Crippen molar-refractivity contribution in [3.8, 4) is 0 Å². The summed E-state index contributed by atoms with van der Waals surface area (Å²) in [6.45, 7) is 15.1. The van der Waals surface area contributed by atoms with E-state index in [2.05, 4.69) is 4.52 Å². The highest BCUT2D eigenvalue weighted by atomic mass is 31.2. The highest BCUT2D eigenvalue weighted by Gasteiger charge is 2.74. The first-order valence-electron chi connectivity index (χ1n) is 15.0. The maximum absolute atomic E-state index is 14.6. The Balaban J connectivity index is 1.57. The van der Waals surface area contributed by atoms with E-state index < -0.39 is 96.5 Å². The van der Waals surface area contributed by atoms with E-state index in [1.165, 1.54) is 13.2 Å². The number of rotatable bonds is 8. The van der Waals surface area contributed by atoms with Crippen LogP contribution in [0.5, 0.6) is 0 Å². The lowest BCUT2D eigenvalue weighted by atomic mass is 9.43. The van der Waals surface area contributed by atoms with Crippen molar-refractivity contribution in [3.63, 3.8) is 0 Å². The van der Waals surface area contributed by atoms with Gasteiger partial charge in [0, 0.05) is 30.1 Å². The van der Waals surface area contributed by atoms with Crippen molar-refractivity contribution in [2.75, 3.05) is 13.4 Å². The third-order valence-corrected chi connectivity index (χ3v) is 11.8. The summed E-state index contributed by atoms with van der Waals surface area (Å²) in [4.78, 5) is 46.3. The van der Waals surface area contributed by atoms with E-state index in [0.29, 0.717) is 11.3 Å². The van der Waals surface area contributed by atoms with Gasteiger partial charge in [-0.3, -0.25) is 14.1 Å². The van der Waals surface area contributed by atoms with Crippen molar-refractivity contribution < 1.29 is 62.4 Å². The Morgan fingerprint density at radius 1 is 1.24 bits per heavy atom. The van der Waals surface area contributed by atoms with Gasteiger partial charge in [-0.25, -0.2) is 4.57 Å². The van der Waals surface area contributed by atoms with Gasteiger partial charge < -0.3 is 43.7 Å². The van der Waals surface area contributed by atoms with E-state index in [4.69, 9.17) is 25.6 Å². The molecular weight excluding hydrogens is 611 g/mol. The highest BCUT2D eigenvalue weighted by Crippen LogP contribution is 2.65. The number of fused-ring (bicyclic) bond motifs is 5. The van der Waals surface area contributed by atoms with Crippen LogP contribution in [0.4, 0.5) is 0 Å². The molecule has 1 aromatic rings. The summed E-state index contributed by atoms with van der Waals surface area (Å²) in [5, 5.41) is 36.7. The first-order valence-corrected chi connectivity index (χ1v) is 16.6. The normalized spacial score (nSPS) is 40.8. The molecule has 2 heterocycles. The quantitative estimate of drug-likeness (QED) is 0.118. The molecule has 5 N–H and O–H groups in total. The van der Waals surface area contributed by atoms with E-state index in [-0.39, 0.29) is 25.0 Å². The minimum Gasteiger partial charge on any atom is -0.469 e. The molecule has 1 aliphatic heterocycles. The number of aliphatic hydroxyl groups excluding tert-OH is 1. The van der Waals surface area contributed by atoms with Crippen LogP contribution in [0.2, 0.25) is 0 Å². The van der Waals surface area contributed by atoms with Crippen LogP contribution in [-0.4, -0.2) is 85.9 Å². The van der Waals surface area contributed by atoms with Crippen LogP contribution in [-0.2, 0) is 32.9 Å². The molecule has 11 atom stereocenters. The molecule has 45 heavy (non-hydrogen) atoms. The van der Waals surface area contributed by atoms with Crippen molar-refractivity contribution in [3.05, 3.63) is 42.2 Å². The fraction of sp³-hybridized carbons (Fsp3) is 0.710. The highest BCUT2D eigenvalue weighted by molar-refractivity contribution is 7.46. The smallest absolute Gasteiger partial charge is 0.469 e. The minimum atomic E-state index is -4.91. The molecule has 3 fully saturated rings. The first-order chi connectivity index (χ1) is 20.7. The van der Waals surface area contributed by atoms with Gasteiger partial charge in [-0.2, -0.15) is 0 Å². The van der Waals surface area contributed by atoms with Crippen molar-refractivity contribution in [1.29, 1.82) is 0 Å². The number of hydrogen-bond donors (Lipinski definition) is 5. The number of Topliss-reactive ketones (excluding diaryl/α,β-unsaturated/α-hetero) is 1. The number of phosphoric acid groups is 1. The molecule has 250 valence electrons. The second-order valence-corrected chi connectivity index (χ2v) is 15.1. The van der Waals surface area contributed by atoms with Gasteiger partial charge in [0.15, 0.2) is 12.6 Å². The van der Waals surface area contributed by atoms with Crippen molar-refractivity contribution in [2.24, 2.45) is 28.6 Å². The number of furan rings is 1.